The molecule has 2 unspecified atom stereocenters. The van der Waals surface area contributed by atoms with Crippen LogP contribution < -0.4 is 0 Å². The first kappa shape index (κ1) is 23.5. The molecule has 0 radical (unpaired) electrons. The predicted octanol–water partition coefficient (Wildman–Crippen LogP) is 4.72. The third-order valence-electron chi connectivity index (χ3n) is 2.21. The minimum absolute atomic E-state index is 0.216. The number of hydrogen-bond donors (Lipinski definition) is 8. The van der Waals surface area contributed by atoms with Crippen LogP contribution in [0.15, 0.2) is 0 Å². The first-order chi connectivity index (χ1) is 9.12. The van der Waals surface area contributed by atoms with Crippen molar-refractivity contribution < 1.29 is 0 Å². The monoisotopic (exact) mass is 462 g/mol. The van der Waals surface area contributed by atoms with E-state index in [1.165, 1.54) is 0 Å². The fourth-order valence-corrected chi connectivity index (χ4v) is 7.92. The Hall–Kier alpha value is 3.50. The quantitative estimate of drug-likeness (QED) is 0.0969. The molecule has 0 fully saturated rings. The van der Waals surface area contributed by atoms with Gasteiger partial charge in [-0.05, 0) is 12.8 Å². The van der Waals surface area contributed by atoms with E-state index in [4.69, 9.17) is 0 Å². The molecule has 0 aliphatic heterocycles. The molecule has 0 saturated carbocycles. The van der Waals surface area contributed by atoms with Crippen LogP contribution >= 0.6 is 123 Å². The van der Waals surface area contributed by atoms with E-state index in [2.05, 4.69) is 101 Å². The van der Waals surface area contributed by atoms with Crippen LogP contribution in [0, 0.1) is 0 Å². The summed E-state index contributed by atoms with van der Waals surface area (Å²) in [5.74, 6) is 3.10. The highest BCUT2D eigenvalue weighted by Gasteiger charge is 2.26. The first-order valence-corrected chi connectivity index (χ1v) is 12.4. The summed E-state index contributed by atoms with van der Waals surface area (Å²) in [6, 6.07) is 0. The zero-order chi connectivity index (χ0) is 15.8. The van der Waals surface area contributed by atoms with Crippen LogP contribution in [0.1, 0.15) is 12.8 Å². The molecule has 0 heterocycles. The molecule has 0 spiro atoms. The van der Waals surface area contributed by atoms with Crippen molar-refractivity contribution >= 4 is 123 Å². The minimum atomic E-state index is -0.333. The first-order valence-electron chi connectivity index (χ1n) is 5.83. The minimum Gasteiger partial charge on any atom is -0.178 e. The summed E-state index contributed by atoms with van der Waals surface area (Å²) < 4.78 is -0.667. The van der Waals surface area contributed by atoms with E-state index in [1.807, 2.05) is 0 Å². The Morgan fingerprint density at radius 2 is 1.00 bits per heavy atom. The van der Waals surface area contributed by atoms with E-state index in [9.17, 15) is 0 Å². The van der Waals surface area contributed by atoms with Crippen molar-refractivity contribution in [2.75, 3.05) is 23.0 Å². The van der Waals surface area contributed by atoms with Crippen LogP contribution in [0.3, 0.4) is 0 Å². The average Bonchev–Trinajstić information content (AvgIpc) is 2.33. The SMILES string of the molecule is SCC(S)CC(S)(S)CSSCC(S)(S)CC(S)CS. The predicted molar refractivity (Wildman–Crippen MR) is 129 cm³/mol. The van der Waals surface area contributed by atoms with E-state index >= 15 is 0 Å². The van der Waals surface area contributed by atoms with E-state index < -0.39 is 0 Å². The van der Waals surface area contributed by atoms with E-state index in [0.717, 1.165) is 35.9 Å². The molecule has 20 heavy (non-hydrogen) atoms. The molecule has 0 aliphatic rings. The van der Waals surface area contributed by atoms with Gasteiger partial charge in [0.25, 0.3) is 0 Å². The molecule has 10 heteroatoms. The molecular formula is C10H22S10. The van der Waals surface area contributed by atoms with E-state index in [1.54, 1.807) is 21.6 Å². The molecule has 0 aliphatic carbocycles. The fourth-order valence-electron chi connectivity index (χ4n) is 1.27. The van der Waals surface area contributed by atoms with Crippen molar-refractivity contribution in [1.29, 1.82) is 0 Å². The van der Waals surface area contributed by atoms with Gasteiger partial charge in [0.15, 0.2) is 0 Å². The molecule has 0 N–H and O–H groups in total. The Bertz CT molecular complexity index is 230. The summed E-state index contributed by atoms with van der Waals surface area (Å²) in [6.45, 7) is 0. The lowest BCUT2D eigenvalue weighted by Gasteiger charge is -2.27. The van der Waals surface area contributed by atoms with Crippen LogP contribution in [0.25, 0.3) is 0 Å². The lowest BCUT2D eigenvalue weighted by Crippen LogP contribution is -2.24. The molecule has 2 atom stereocenters. The molecule has 0 bridgehead atoms. The third kappa shape index (κ3) is 12.9. The van der Waals surface area contributed by atoms with Crippen molar-refractivity contribution in [2.45, 2.75) is 31.5 Å². The summed E-state index contributed by atoms with van der Waals surface area (Å²) in [5, 5.41) is 0.432. The second-order valence-electron chi connectivity index (χ2n) is 4.57. The van der Waals surface area contributed by atoms with Gasteiger partial charge in [0.2, 0.25) is 0 Å². The second-order valence-corrected chi connectivity index (χ2v) is 13.4. The maximum Gasteiger partial charge on any atom is 0.0660 e. The molecule has 0 aromatic heterocycles. The zero-order valence-electron chi connectivity index (χ0n) is 10.8. The normalized spacial score (nSPS) is 16.2. The Kier molecular flexibility index (Phi) is 14.0. The third-order valence-corrected chi connectivity index (χ3v) is 9.21. The Labute approximate surface area is 175 Å². The van der Waals surface area contributed by atoms with Crippen molar-refractivity contribution in [1.82, 2.24) is 0 Å². The Balaban J connectivity index is 3.94. The lowest BCUT2D eigenvalue weighted by molar-refractivity contribution is 0.788. The summed E-state index contributed by atoms with van der Waals surface area (Å²) in [6.07, 6.45) is 1.62. The molecule has 122 valence electrons. The summed E-state index contributed by atoms with van der Waals surface area (Å²) in [7, 11) is 3.47. The van der Waals surface area contributed by atoms with Crippen molar-refractivity contribution in [3.63, 3.8) is 0 Å². The van der Waals surface area contributed by atoms with Crippen LogP contribution in [0.2, 0.25) is 0 Å². The van der Waals surface area contributed by atoms with Crippen molar-refractivity contribution in [2.24, 2.45) is 0 Å². The molecule has 0 saturated heterocycles. The maximum atomic E-state index is 4.58. The van der Waals surface area contributed by atoms with Gasteiger partial charge in [-0.15, -0.1) is 0 Å². The summed E-state index contributed by atoms with van der Waals surface area (Å²) >= 11 is 35.6. The summed E-state index contributed by atoms with van der Waals surface area (Å²) in [4.78, 5) is 0. The molecule has 0 rings (SSSR count). The topological polar surface area (TPSA) is 0 Å². The van der Waals surface area contributed by atoms with Crippen molar-refractivity contribution in [3.8, 4) is 0 Å². The van der Waals surface area contributed by atoms with Crippen LogP contribution in [0.4, 0.5) is 0 Å². The van der Waals surface area contributed by atoms with Gasteiger partial charge in [-0.1, -0.05) is 21.6 Å². The highest BCUT2D eigenvalue weighted by Crippen LogP contribution is 2.40. The molecule has 0 amide bonds. The Morgan fingerprint density at radius 1 is 0.700 bits per heavy atom. The van der Waals surface area contributed by atoms with Crippen LogP contribution in [-0.2, 0) is 0 Å². The van der Waals surface area contributed by atoms with Crippen LogP contribution in [-0.4, -0.2) is 41.7 Å². The van der Waals surface area contributed by atoms with Gasteiger partial charge >= 0.3 is 0 Å². The van der Waals surface area contributed by atoms with Gasteiger partial charge in [-0.25, -0.2) is 0 Å². The fraction of sp³-hybridized carbons (Fsp3) is 1.00. The molecule has 0 aromatic rings. The highest BCUT2D eigenvalue weighted by atomic mass is 33.1. The van der Waals surface area contributed by atoms with E-state index in [-0.39, 0.29) is 18.7 Å². The lowest BCUT2D eigenvalue weighted by atomic mass is 10.2. The van der Waals surface area contributed by atoms with E-state index in [0.29, 0.717) is 0 Å². The van der Waals surface area contributed by atoms with Gasteiger partial charge in [-0.3, -0.25) is 0 Å². The molecule has 0 nitrogen and oxygen atoms in total. The Morgan fingerprint density at radius 3 is 1.25 bits per heavy atom. The standard InChI is InChI=1S/C10H22S10/c11-3-7(13)1-9(15,16)5-19-20-6-10(17,18)2-8(14)4-12/h7-8,11-18H,1-6H2. The number of rotatable bonds is 11. The largest absolute Gasteiger partial charge is 0.178 e. The molecular weight excluding hydrogens is 441 g/mol. The van der Waals surface area contributed by atoms with Gasteiger partial charge in [0.05, 0.1) is 8.16 Å². The van der Waals surface area contributed by atoms with Crippen LogP contribution in [0.5, 0.6) is 0 Å². The zero-order valence-corrected chi connectivity index (χ0v) is 19.6. The summed E-state index contributed by atoms with van der Waals surface area (Å²) in [5.41, 5.74) is 0. The van der Waals surface area contributed by atoms with Gasteiger partial charge in [0, 0.05) is 33.5 Å². The highest BCUT2D eigenvalue weighted by molar-refractivity contribution is 8.77. The number of thiol groups is 8. The molecule has 0 aromatic carbocycles. The second kappa shape index (κ2) is 12.0. The number of hydrogen-bond acceptors (Lipinski definition) is 10. The van der Waals surface area contributed by atoms with Gasteiger partial charge in [0.1, 0.15) is 0 Å². The maximum absolute atomic E-state index is 4.58. The smallest absolute Gasteiger partial charge is 0.0660 e. The van der Waals surface area contributed by atoms with Gasteiger partial charge < -0.3 is 0 Å². The van der Waals surface area contributed by atoms with Gasteiger partial charge in [-0.2, -0.15) is 101 Å². The average molecular weight is 463 g/mol. The van der Waals surface area contributed by atoms with Crippen molar-refractivity contribution in [3.05, 3.63) is 0 Å².